The van der Waals surface area contributed by atoms with Crippen LogP contribution in [0.3, 0.4) is 0 Å². The summed E-state index contributed by atoms with van der Waals surface area (Å²) in [5.74, 6) is -1.93. The molecule has 3 aliphatic rings. The number of anilines is 2. The molecule has 1 aliphatic heterocycles. The molecule has 0 spiro atoms. The van der Waals surface area contributed by atoms with E-state index in [1.54, 1.807) is 6.92 Å². The third-order valence-electron chi connectivity index (χ3n) is 7.07. The molecule has 3 fully saturated rings. The number of nitrogens with zero attached hydrogens (tertiary/aromatic N) is 2. The van der Waals surface area contributed by atoms with Gasteiger partial charge < -0.3 is 26.0 Å². The van der Waals surface area contributed by atoms with Gasteiger partial charge in [0.25, 0.3) is 0 Å². The molecule has 7 nitrogen and oxygen atoms in total. The Morgan fingerprint density at radius 1 is 1.37 bits per heavy atom. The quantitative estimate of drug-likeness (QED) is 0.657. The lowest BCUT2D eigenvalue weighted by molar-refractivity contribution is 0.0694. The van der Waals surface area contributed by atoms with Gasteiger partial charge in [0.05, 0.1) is 28.3 Å². The summed E-state index contributed by atoms with van der Waals surface area (Å²) >= 11 is 0. The van der Waals surface area contributed by atoms with Crippen LogP contribution in [0.1, 0.15) is 47.6 Å². The fourth-order valence-electron chi connectivity index (χ4n) is 4.99. The highest BCUT2D eigenvalue weighted by Crippen LogP contribution is 2.47. The maximum atomic E-state index is 15.5. The van der Waals surface area contributed by atoms with E-state index in [0.717, 1.165) is 25.5 Å². The average molecular weight is 418 g/mol. The van der Waals surface area contributed by atoms with Crippen molar-refractivity contribution in [3.8, 4) is 0 Å². The van der Waals surface area contributed by atoms with Gasteiger partial charge in [-0.2, -0.15) is 0 Å². The highest BCUT2D eigenvalue weighted by Gasteiger charge is 2.48. The highest BCUT2D eigenvalue weighted by atomic mass is 19.1. The summed E-state index contributed by atoms with van der Waals surface area (Å²) in [5.41, 5.74) is 11.5. The number of carbonyl (C=O) groups is 1. The van der Waals surface area contributed by atoms with Crippen molar-refractivity contribution in [1.82, 2.24) is 4.57 Å². The zero-order valence-electron chi connectivity index (χ0n) is 16.6. The van der Waals surface area contributed by atoms with Crippen molar-refractivity contribution in [2.24, 2.45) is 11.7 Å². The number of aryl methyl sites for hydroxylation is 1. The molecule has 30 heavy (non-hydrogen) atoms. The lowest BCUT2D eigenvalue weighted by atomic mass is 9.97. The number of fused-ring (bicyclic) bond motifs is 1. The SMILES string of the molecule is Cc1c(N2CC[C@@H](C3(N)CC3)C2)c(F)c(N)c2c(=O)c(C(=O)O)cn(C3CC3F)c12. The van der Waals surface area contributed by atoms with E-state index in [1.165, 1.54) is 4.57 Å². The number of pyridine rings is 1. The molecule has 5 N–H and O–H groups in total. The molecule has 1 aromatic carbocycles. The fourth-order valence-corrected chi connectivity index (χ4v) is 4.99. The highest BCUT2D eigenvalue weighted by molar-refractivity contribution is 6.01. The van der Waals surface area contributed by atoms with Gasteiger partial charge in [-0.3, -0.25) is 4.79 Å². The monoisotopic (exact) mass is 418 g/mol. The summed E-state index contributed by atoms with van der Waals surface area (Å²) in [5, 5.41) is 9.23. The van der Waals surface area contributed by atoms with Gasteiger partial charge in [-0.1, -0.05) is 0 Å². The summed E-state index contributed by atoms with van der Waals surface area (Å²) in [7, 11) is 0. The molecule has 160 valence electrons. The fraction of sp³-hybridized carbons (Fsp3) is 0.524. The lowest BCUT2D eigenvalue weighted by Crippen LogP contribution is -2.35. The minimum atomic E-state index is -1.45. The Labute approximate surface area is 171 Å². The van der Waals surface area contributed by atoms with Crippen LogP contribution in [-0.2, 0) is 0 Å². The Morgan fingerprint density at radius 3 is 2.60 bits per heavy atom. The van der Waals surface area contributed by atoms with Gasteiger partial charge in [0.1, 0.15) is 11.7 Å². The van der Waals surface area contributed by atoms with Gasteiger partial charge >= 0.3 is 5.97 Å². The number of hydrogen-bond acceptors (Lipinski definition) is 5. The van der Waals surface area contributed by atoms with E-state index in [-0.39, 0.29) is 29.0 Å². The predicted octanol–water partition coefficient (Wildman–Crippen LogP) is 2.33. The number of alkyl halides is 1. The number of nitrogens with two attached hydrogens (primary N) is 2. The molecule has 0 bridgehead atoms. The number of benzene rings is 1. The van der Waals surface area contributed by atoms with Crippen LogP contribution in [0.15, 0.2) is 11.0 Å². The van der Waals surface area contributed by atoms with Crippen molar-refractivity contribution in [3.63, 3.8) is 0 Å². The van der Waals surface area contributed by atoms with E-state index >= 15 is 4.39 Å². The molecule has 1 saturated heterocycles. The summed E-state index contributed by atoms with van der Waals surface area (Å²) in [6, 6.07) is -0.590. The minimum absolute atomic E-state index is 0.185. The van der Waals surface area contributed by atoms with Crippen LogP contribution in [-0.4, -0.2) is 40.4 Å². The first-order chi connectivity index (χ1) is 14.1. The van der Waals surface area contributed by atoms with Crippen LogP contribution >= 0.6 is 0 Å². The number of halogens is 2. The second-order valence-corrected chi connectivity index (χ2v) is 8.99. The van der Waals surface area contributed by atoms with Gasteiger partial charge in [0, 0.05) is 31.2 Å². The standard InChI is InChI=1S/C21H24F2N4O3/c1-9-17-14(19(28)11(20(29)30)8-27(17)13-6-12(13)22)16(24)15(23)18(9)26-5-2-10(7-26)21(25)3-4-21/h8,10,12-13H,2-7,24-25H2,1H3,(H,29,30)/t10-,12?,13?/m1/s1. The first kappa shape index (κ1) is 19.3. The predicted molar refractivity (Wildman–Crippen MR) is 109 cm³/mol. The van der Waals surface area contributed by atoms with E-state index in [0.29, 0.717) is 29.9 Å². The Balaban J connectivity index is 1.73. The third kappa shape index (κ3) is 2.64. The van der Waals surface area contributed by atoms with Crippen LogP contribution in [0.25, 0.3) is 10.9 Å². The molecule has 2 aliphatic carbocycles. The topological polar surface area (TPSA) is 115 Å². The Morgan fingerprint density at radius 2 is 2.03 bits per heavy atom. The maximum absolute atomic E-state index is 15.5. The zero-order chi connectivity index (χ0) is 21.5. The molecule has 3 atom stereocenters. The second kappa shape index (κ2) is 6.16. The number of rotatable bonds is 4. The molecule has 0 radical (unpaired) electrons. The van der Waals surface area contributed by atoms with E-state index in [9.17, 15) is 19.1 Å². The Kier molecular flexibility index (Phi) is 3.96. The summed E-state index contributed by atoms with van der Waals surface area (Å²) in [6.07, 6.45) is 3.00. The number of hydrogen-bond donors (Lipinski definition) is 3. The molecular weight excluding hydrogens is 394 g/mol. The number of aromatic nitrogens is 1. The number of carboxylic acid groups (broad SMARTS) is 1. The average Bonchev–Trinajstić information content (AvgIpc) is 3.55. The number of aromatic carboxylic acids is 1. The van der Waals surface area contributed by atoms with Crippen LogP contribution < -0.4 is 21.8 Å². The van der Waals surface area contributed by atoms with Crippen molar-refractivity contribution < 1.29 is 18.7 Å². The molecule has 9 heteroatoms. The maximum Gasteiger partial charge on any atom is 0.341 e. The van der Waals surface area contributed by atoms with E-state index in [2.05, 4.69) is 0 Å². The van der Waals surface area contributed by atoms with Gasteiger partial charge in [-0.15, -0.1) is 0 Å². The van der Waals surface area contributed by atoms with Gasteiger partial charge in [0.2, 0.25) is 5.43 Å². The molecule has 1 aromatic heterocycles. The van der Waals surface area contributed by atoms with Gasteiger partial charge in [-0.05, 0) is 37.7 Å². The van der Waals surface area contributed by atoms with E-state index < -0.39 is 35.0 Å². The van der Waals surface area contributed by atoms with Crippen molar-refractivity contribution in [3.05, 3.63) is 33.4 Å². The smallest absolute Gasteiger partial charge is 0.341 e. The third-order valence-corrected chi connectivity index (χ3v) is 7.07. The van der Waals surface area contributed by atoms with Crippen molar-refractivity contribution in [1.29, 1.82) is 0 Å². The number of carboxylic acids is 1. The second-order valence-electron chi connectivity index (χ2n) is 8.99. The minimum Gasteiger partial charge on any atom is -0.477 e. The largest absolute Gasteiger partial charge is 0.477 e. The lowest BCUT2D eigenvalue weighted by Gasteiger charge is -2.26. The molecule has 5 rings (SSSR count). The molecule has 2 heterocycles. The summed E-state index contributed by atoms with van der Waals surface area (Å²) in [4.78, 5) is 26.3. The van der Waals surface area contributed by atoms with Crippen molar-refractivity contribution in [2.45, 2.75) is 50.4 Å². The van der Waals surface area contributed by atoms with Crippen LogP contribution in [0, 0.1) is 18.7 Å². The first-order valence-electron chi connectivity index (χ1n) is 10.2. The normalized spacial score (nSPS) is 26.9. The van der Waals surface area contributed by atoms with Gasteiger partial charge in [-0.25, -0.2) is 13.6 Å². The number of nitrogen functional groups attached to an aromatic ring is 1. The molecule has 2 unspecified atom stereocenters. The van der Waals surface area contributed by atoms with Crippen LogP contribution in [0.5, 0.6) is 0 Å². The van der Waals surface area contributed by atoms with Crippen molar-refractivity contribution in [2.75, 3.05) is 23.7 Å². The van der Waals surface area contributed by atoms with E-state index in [1.807, 2.05) is 4.90 Å². The molecular formula is C21H24F2N4O3. The van der Waals surface area contributed by atoms with Crippen molar-refractivity contribution >= 4 is 28.2 Å². The van der Waals surface area contributed by atoms with E-state index in [4.69, 9.17) is 11.5 Å². The van der Waals surface area contributed by atoms with Crippen LogP contribution in [0.2, 0.25) is 0 Å². The summed E-state index contributed by atoms with van der Waals surface area (Å²) in [6.45, 7) is 2.87. The zero-order valence-corrected chi connectivity index (χ0v) is 16.6. The molecule has 2 aromatic rings. The Bertz CT molecular complexity index is 1160. The first-order valence-corrected chi connectivity index (χ1v) is 10.2. The van der Waals surface area contributed by atoms with Gasteiger partial charge in [0.15, 0.2) is 5.82 Å². The summed E-state index contributed by atoms with van der Waals surface area (Å²) < 4.78 is 30.9. The van der Waals surface area contributed by atoms with Crippen LogP contribution in [0.4, 0.5) is 20.2 Å². The Hall–Kier alpha value is -2.68. The molecule has 0 amide bonds. The molecule has 2 saturated carbocycles.